The van der Waals surface area contributed by atoms with Crippen LogP contribution < -0.4 is 5.32 Å². The van der Waals surface area contributed by atoms with Crippen molar-refractivity contribution in [3.05, 3.63) is 143 Å². The van der Waals surface area contributed by atoms with Crippen molar-refractivity contribution >= 4 is 17.5 Å². The zero-order valence-corrected chi connectivity index (χ0v) is 19.4. The maximum Gasteiger partial charge on any atom is 0.270 e. The summed E-state index contributed by atoms with van der Waals surface area (Å²) in [6, 6.07) is 34.1. The highest BCUT2D eigenvalue weighted by molar-refractivity contribution is 6.30. The predicted molar refractivity (Wildman–Crippen MR) is 136 cm³/mol. The van der Waals surface area contributed by atoms with Crippen LogP contribution in [0.15, 0.2) is 115 Å². The van der Waals surface area contributed by atoms with Crippen LogP contribution in [0.4, 0.5) is 4.39 Å². The maximum absolute atomic E-state index is 13.7. The lowest BCUT2D eigenvalue weighted by molar-refractivity contribution is 0.0935. The Balaban J connectivity index is 1.57. The van der Waals surface area contributed by atoms with Gasteiger partial charge in [-0.2, -0.15) is 5.10 Å². The molecule has 0 aliphatic heterocycles. The highest BCUT2D eigenvalue weighted by atomic mass is 35.5. The zero-order chi connectivity index (χ0) is 24.2. The van der Waals surface area contributed by atoms with Gasteiger partial charge in [-0.3, -0.25) is 4.79 Å². The lowest BCUT2D eigenvalue weighted by Crippen LogP contribution is -2.31. The standard InChI is InChI=1S/C29H21ClFN3O/c30-23-13-17-25(18-14-23)34-27(19-26(33-34)20-11-15-24(31)16-12-20)29(35)32-28(21-7-3-1-4-8-21)22-9-5-2-6-10-22/h1-19,28H,(H,32,35). The number of hydrogen-bond donors (Lipinski definition) is 1. The second kappa shape index (κ2) is 9.95. The average molecular weight is 482 g/mol. The molecule has 0 saturated carbocycles. The van der Waals surface area contributed by atoms with Gasteiger partial charge in [-0.15, -0.1) is 0 Å². The summed E-state index contributed by atoms with van der Waals surface area (Å²) in [5, 5.41) is 8.43. The molecule has 0 radical (unpaired) electrons. The van der Waals surface area contributed by atoms with Gasteiger partial charge in [-0.05, 0) is 65.7 Å². The number of carbonyl (C=O) groups is 1. The van der Waals surface area contributed by atoms with Crippen molar-refractivity contribution < 1.29 is 9.18 Å². The topological polar surface area (TPSA) is 46.9 Å². The molecule has 0 aliphatic rings. The highest BCUT2D eigenvalue weighted by Gasteiger charge is 2.22. The van der Waals surface area contributed by atoms with E-state index in [4.69, 9.17) is 11.6 Å². The van der Waals surface area contributed by atoms with Gasteiger partial charge in [0.15, 0.2) is 0 Å². The number of benzene rings is 4. The summed E-state index contributed by atoms with van der Waals surface area (Å²) in [6.45, 7) is 0. The molecule has 0 atom stereocenters. The summed E-state index contributed by atoms with van der Waals surface area (Å²) in [7, 11) is 0. The summed E-state index contributed by atoms with van der Waals surface area (Å²) in [4.78, 5) is 13.7. The number of nitrogens with zero attached hydrogens (tertiary/aromatic N) is 2. The third kappa shape index (κ3) is 5.00. The van der Waals surface area contributed by atoms with Crippen molar-refractivity contribution in [1.82, 2.24) is 15.1 Å². The van der Waals surface area contributed by atoms with Gasteiger partial charge in [0.05, 0.1) is 17.4 Å². The van der Waals surface area contributed by atoms with Gasteiger partial charge in [-0.25, -0.2) is 9.07 Å². The quantitative estimate of drug-likeness (QED) is 0.288. The van der Waals surface area contributed by atoms with E-state index in [2.05, 4.69) is 10.4 Å². The monoisotopic (exact) mass is 481 g/mol. The molecule has 1 amide bonds. The van der Waals surface area contributed by atoms with Crippen molar-refractivity contribution in [3.8, 4) is 16.9 Å². The SMILES string of the molecule is O=C(NC(c1ccccc1)c1ccccc1)c1cc(-c2ccc(F)cc2)nn1-c1ccc(Cl)cc1. The van der Waals surface area contributed by atoms with E-state index in [0.29, 0.717) is 27.7 Å². The van der Waals surface area contributed by atoms with Crippen LogP contribution in [0.3, 0.4) is 0 Å². The van der Waals surface area contributed by atoms with E-state index in [1.807, 2.05) is 60.7 Å². The summed E-state index contributed by atoms with van der Waals surface area (Å²) < 4.78 is 15.1. The Hall–Kier alpha value is -4.22. The molecule has 6 heteroatoms. The molecule has 0 aliphatic carbocycles. The van der Waals surface area contributed by atoms with Gasteiger partial charge in [0.1, 0.15) is 11.5 Å². The smallest absolute Gasteiger partial charge is 0.270 e. The Morgan fingerprint density at radius 2 is 1.37 bits per heavy atom. The van der Waals surface area contributed by atoms with Gasteiger partial charge < -0.3 is 5.32 Å². The van der Waals surface area contributed by atoms with Crippen LogP contribution in [0, 0.1) is 5.82 Å². The van der Waals surface area contributed by atoms with Crippen LogP contribution in [0.5, 0.6) is 0 Å². The van der Waals surface area contributed by atoms with Crippen molar-refractivity contribution in [2.24, 2.45) is 0 Å². The van der Waals surface area contributed by atoms with Crippen molar-refractivity contribution in [2.75, 3.05) is 0 Å². The number of nitrogens with one attached hydrogen (secondary N) is 1. The molecule has 0 spiro atoms. The van der Waals surface area contributed by atoms with Gasteiger partial charge in [0.2, 0.25) is 0 Å². The van der Waals surface area contributed by atoms with E-state index in [-0.39, 0.29) is 17.8 Å². The molecule has 0 saturated heterocycles. The lowest BCUT2D eigenvalue weighted by atomic mass is 9.98. The fourth-order valence-corrected chi connectivity index (χ4v) is 4.06. The molecular formula is C29H21ClFN3O. The summed E-state index contributed by atoms with van der Waals surface area (Å²) in [5.74, 6) is -0.629. The highest BCUT2D eigenvalue weighted by Crippen LogP contribution is 2.26. The molecule has 1 aromatic heterocycles. The van der Waals surface area contributed by atoms with Crippen molar-refractivity contribution in [1.29, 1.82) is 0 Å². The second-order valence-electron chi connectivity index (χ2n) is 8.04. The van der Waals surface area contributed by atoms with Gasteiger partial charge in [0.25, 0.3) is 5.91 Å². The molecule has 4 aromatic carbocycles. The van der Waals surface area contributed by atoms with Crippen LogP contribution >= 0.6 is 11.6 Å². The molecule has 1 N–H and O–H groups in total. The van der Waals surface area contributed by atoms with E-state index < -0.39 is 0 Å². The molecule has 1 heterocycles. The Labute approximate surface area is 207 Å². The molecule has 0 unspecified atom stereocenters. The minimum absolute atomic E-state index is 0.293. The average Bonchev–Trinajstić information content (AvgIpc) is 3.35. The van der Waals surface area contributed by atoms with Crippen LogP contribution in [0.2, 0.25) is 5.02 Å². The molecule has 0 fully saturated rings. The van der Waals surface area contributed by atoms with E-state index >= 15 is 0 Å². The first kappa shape index (κ1) is 22.6. The number of carbonyl (C=O) groups excluding carboxylic acids is 1. The molecule has 35 heavy (non-hydrogen) atoms. The summed E-state index contributed by atoms with van der Waals surface area (Å²) in [6.07, 6.45) is 0. The number of rotatable bonds is 6. The van der Waals surface area contributed by atoms with E-state index in [9.17, 15) is 9.18 Å². The van der Waals surface area contributed by atoms with Gasteiger partial charge >= 0.3 is 0 Å². The second-order valence-corrected chi connectivity index (χ2v) is 8.47. The van der Waals surface area contributed by atoms with E-state index in [1.165, 1.54) is 12.1 Å². The van der Waals surface area contributed by atoms with Gasteiger partial charge in [-0.1, -0.05) is 72.3 Å². The Morgan fingerprint density at radius 3 is 1.94 bits per heavy atom. The van der Waals surface area contributed by atoms with E-state index in [0.717, 1.165) is 11.1 Å². The fraction of sp³-hybridized carbons (Fsp3) is 0.0345. The molecule has 4 nitrogen and oxygen atoms in total. The normalized spacial score (nSPS) is 10.9. The minimum Gasteiger partial charge on any atom is -0.340 e. The minimum atomic E-state index is -0.354. The third-order valence-corrected chi connectivity index (χ3v) is 5.95. The zero-order valence-electron chi connectivity index (χ0n) is 18.6. The molecule has 5 aromatic rings. The summed E-state index contributed by atoms with van der Waals surface area (Å²) >= 11 is 6.08. The molecule has 0 bridgehead atoms. The van der Waals surface area contributed by atoms with Crippen LogP contribution in [0.1, 0.15) is 27.7 Å². The third-order valence-electron chi connectivity index (χ3n) is 5.69. The first-order valence-corrected chi connectivity index (χ1v) is 11.5. The van der Waals surface area contributed by atoms with Crippen LogP contribution in [-0.4, -0.2) is 15.7 Å². The molecular weight excluding hydrogens is 461 g/mol. The number of halogens is 2. The number of hydrogen-bond acceptors (Lipinski definition) is 2. The first-order chi connectivity index (χ1) is 17.1. The van der Waals surface area contributed by atoms with E-state index in [1.54, 1.807) is 47.1 Å². The Morgan fingerprint density at radius 1 is 0.800 bits per heavy atom. The van der Waals surface area contributed by atoms with Gasteiger partial charge in [0, 0.05) is 10.6 Å². The first-order valence-electron chi connectivity index (χ1n) is 11.1. The number of aromatic nitrogens is 2. The largest absolute Gasteiger partial charge is 0.340 e. The Bertz CT molecular complexity index is 1390. The molecule has 172 valence electrons. The lowest BCUT2D eigenvalue weighted by Gasteiger charge is -2.20. The fourth-order valence-electron chi connectivity index (χ4n) is 3.94. The summed E-state index contributed by atoms with van der Waals surface area (Å²) in [5.41, 5.74) is 4.22. The maximum atomic E-state index is 13.7. The van der Waals surface area contributed by atoms with Crippen LogP contribution in [-0.2, 0) is 0 Å². The molecule has 5 rings (SSSR count). The Kier molecular flexibility index (Phi) is 6.42. The van der Waals surface area contributed by atoms with Crippen molar-refractivity contribution in [3.63, 3.8) is 0 Å². The van der Waals surface area contributed by atoms with Crippen molar-refractivity contribution in [2.45, 2.75) is 6.04 Å². The number of amides is 1. The predicted octanol–water partition coefficient (Wildman–Crippen LogP) is 6.85. The van der Waals surface area contributed by atoms with Crippen LogP contribution in [0.25, 0.3) is 16.9 Å².